The summed E-state index contributed by atoms with van der Waals surface area (Å²) in [5.74, 6) is 1.27. The Morgan fingerprint density at radius 2 is 2.14 bits per heavy atom. The Morgan fingerprint density at radius 1 is 1.41 bits per heavy atom. The maximum Gasteiger partial charge on any atom is 0.410 e. The zero-order valence-corrected chi connectivity index (χ0v) is 14.1. The maximum atomic E-state index is 12.2. The second kappa shape index (κ2) is 6.50. The van der Waals surface area contributed by atoms with E-state index in [2.05, 4.69) is 22.2 Å². The number of anilines is 1. The Labute approximate surface area is 132 Å². The highest BCUT2D eigenvalue weighted by Crippen LogP contribution is 2.22. The third-order valence-electron chi connectivity index (χ3n) is 3.75. The van der Waals surface area contributed by atoms with Crippen LogP contribution in [0.1, 0.15) is 39.8 Å². The van der Waals surface area contributed by atoms with Crippen LogP contribution in [-0.4, -0.2) is 45.7 Å². The fourth-order valence-electron chi connectivity index (χ4n) is 2.47. The molecule has 0 radical (unpaired) electrons. The van der Waals surface area contributed by atoms with Crippen LogP contribution in [0.2, 0.25) is 0 Å². The molecule has 1 saturated heterocycles. The van der Waals surface area contributed by atoms with Gasteiger partial charge in [0.1, 0.15) is 17.7 Å². The first-order valence-corrected chi connectivity index (χ1v) is 7.78. The number of carbonyl (C=O) groups is 1. The van der Waals surface area contributed by atoms with Crippen LogP contribution in [0.5, 0.6) is 0 Å². The smallest absolute Gasteiger partial charge is 0.410 e. The van der Waals surface area contributed by atoms with Gasteiger partial charge in [-0.2, -0.15) is 0 Å². The first kappa shape index (κ1) is 16.5. The number of likely N-dealkylation sites (tertiary alicyclic amines) is 1. The van der Waals surface area contributed by atoms with Crippen LogP contribution in [0.4, 0.5) is 10.6 Å². The number of piperidine rings is 1. The van der Waals surface area contributed by atoms with Crippen LogP contribution in [0.25, 0.3) is 0 Å². The normalized spacial score (nSPS) is 22.3. The van der Waals surface area contributed by atoms with Crippen LogP contribution >= 0.6 is 0 Å². The van der Waals surface area contributed by atoms with Crippen LogP contribution in [0, 0.1) is 12.8 Å². The molecule has 0 spiro atoms. The Kier molecular flexibility index (Phi) is 4.88. The minimum absolute atomic E-state index is 0.163. The largest absolute Gasteiger partial charge is 0.444 e. The molecule has 0 aromatic carbocycles. The summed E-state index contributed by atoms with van der Waals surface area (Å²) in [5, 5.41) is 3.42. The molecule has 1 aromatic heterocycles. The SMILES string of the molecule is Cc1cc(NC2CN(C(=O)OC(C)(C)C)CCC2C)ncn1. The van der Waals surface area contributed by atoms with Crippen LogP contribution < -0.4 is 5.32 Å². The maximum absolute atomic E-state index is 12.2. The predicted octanol–water partition coefficient (Wildman–Crippen LogP) is 2.84. The first-order chi connectivity index (χ1) is 10.2. The zero-order chi connectivity index (χ0) is 16.3. The van der Waals surface area contributed by atoms with E-state index in [0.717, 1.165) is 24.5 Å². The average Bonchev–Trinajstić information content (AvgIpc) is 2.39. The summed E-state index contributed by atoms with van der Waals surface area (Å²) in [5.41, 5.74) is 0.456. The molecule has 2 rings (SSSR count). The highest BCUT2D eigenvalue weighted by molar-refractivity contribution is 5.68. The van der Waals surface area contributed by atoms with E-state index in [4.69, 9.17) is 4.74 Å². The Bertz CT molecular complexity index is 527. The molecule has 2 atom stereocenters. The second-order valence-electron chi connectivity index (χ2n) is 6.99. The topological polar surface area (TPSA) is 67.4 Å². The van der Waals surface area contributed by atoms with Gasteiger partial charge in [0.05, 0.1) is 0 Å². The van der Waals surface area contributed by atoms with Gasteiger partial charge >= 0.3 is 6.09 Å². The lowest BCUT2D eigenvalue weighted by atomic mass is 9.93. The molecule has 22 heavy (non-hydrogen) atoms. The molecule has 2 heterocycles. The first-order valence-electron chi connectivity index (χ1n) is 7.78. The fourth-order valence-corrected chi connectivity index (χ4v) is 2.47. The van der Waals surface area contributed by atoms with E-state index < -0.39 is 5.60 Å². The molecule has 0 bridgehead atoms. The number of carbonyl (C=O) groups excluding carboxylic acids is 1. The summed E-state index contributed by atoms with van der Waals surface area (Å²) in [6.07, 6.45) is 2.25. The zero-order valence-electron chi connectivity index (χ0n) is 14.1. The Hall–Kier alpha value is -1.85. The van der Waals surface area contributed by atoms with Crippen molar-refractivity contribution < 1.29 is 9.53 Å². The number of hydrogen-bond acceptors (Lipinski definition) is 5. The molecule has 122 valence electrons. The Balaban J connectivity index is 2.00. The summed E-state index contributed by atoms with van der Waals surface area (Å²) in [4.78, 5) is 22.3. The van der Waals surface area contributed by atoms with Crippen molar-refractivity contribution in [2.24, 2.45) is 5.92 Å². The highest BCUT2D eigenvalue weighted by atomic mass is 16.6. The third-order valence-corrected chi connectivity index (χ3v) is 3.75. The molecule has 6 heteroatoms. The van der Waals surface area contributed by atoms with Crippen LogP contribution in [-0.2, 0) is 4.74 Å². The molecule has 0 aliphatic carbocycles. The Morgan fingerprint density at radius 3 is 2.77 bits per heavy atom. The van der Waals surface area contributed by atoms with Gasteiger partial charge in [0.25, 0.3) is 0 Å². The van der Waals surface area contributed by atoms with E-state index in [1.807, 2.05) is 33.8 Å². The average molecular weight is 306 g/mol. The molecule has 1 aliphatic rings. The van der Waals surface area contributed by atoms with Crippen LogP contribution in [0.3, 0.4) is 0 Å². The summed E-state index contributed by atoms with van der Waals surface area (Å²) >= 11 is 0. The number of ether oxygens (including phenoxy) is 1. The van der Waals surface area contributed by atoms with Gasteiger partial charge in [0.2, 0.25) is 0 Å². The van der Waals surface area contributed by atoms with Gasteiger partial charge in [-0.3, -0.25) is 0 Å². The molecule has 1 N–H and O–H groups in total. The van der Waals surface area contributed by atoms with Gasteiger partial charge in [-0.15, -0.1) is 0 Å². The summed E-state index contributed by atoms with van der Waals surface area (Å²) in [6.45, 7) is 11.1. The number of hydrogen-bond donors (Lipinski definition) is 1. The van der Waals surface area contributed by atoms with Crippen molar-refractivity contribution in [3.63, 3.8) is 0 Å². The number of amides is 1. The fraction of sp³-hybridized carbons (Fsp3) is 0.688. The van der Waals surface area contributed by atoms with Crippen molar-refractivity contribution in [1.29, 1.82) is 0 Å². The second-order valence-corrected chi connectivity index (χ2v) is 6.99. The van der Waals surface area contributed by atoms with E-state index in [0.29, 0.717) is 12.5 Å². The molecule has 1 amide bonds. The van der Waals surface area contributed by atoms with Crippen molar-refractivity contribution in [1.82, 2.24) is 14.9 Å². The van der Waals surface area contributed by atoms with Gasteiger partial charge in [0, 0.05) is 30.9 Å². The van der Waals surface area contributed by atoms with E-state index in [9.17, 15) is 4.79 Å². The van der Waals surface area contributed by atoms with Crippen molar-refractivity contribution >= 4 is 11.9 Å². The van der Waals surface area contributed by atoms with Gasteiger partial charge in [-0.05, 0) is 40.0 Å². The number of rotatable bonds is 2. The van der Waals surface area contributed by atoms with Crippen molar-refractivity contribution in [3.05, 3.63) is 18.1 Å². The summed E-state index contributed by atoms with van der Waals surface area (Å²) in [7, 11) is 0. The molecular weight excluding hydrogens is 280 g/mol. The number of nitrogens with zero attached hydrogens (tertiary/aromatic N) is 3. The van der Waals surface area contributed by atoms with Gasteiger partial charge < -0.3 is 15.0 Å². The minimum Gasteiger partial charge on any atom is -0.444 e. The van der Waals surface area contributed by atoms with E-state index in [1.54, 1.807) is 11.2 Å². The molecule has 1 aromatic rings. The van der Waals surface area contributed by atoms with Gasteiger partial charge in [-0.1, -0.05) is 6.92 Å². The molecule has 0 saturated carbocycles. The van der Waals surface area contributed by atoms with Crippen molar-refractivity contribution in [2.45, 2.75) is 52.7 Å². The lowest BCUT2D eigenvalue weighted by Crippen LogP contribution is -2.50. The lowest BCUT2D eigenvalue weighted by Gasteiger charge is -2.38. The van der Waals surface area contributed by atoms with Gasteiger partial charge in [0.15, 0.2) is 0 Å². The highest BCUT2D eigenvalue weighted by Gasteiger charge is 2.31. The number of aromatic nitrogens is 2. The predicted molar refractivity (Wildman–Crippen MR) is 85.8 cm³/mol. The molecular formula is C16H26N4O2. The monoisotopic (exact) mass is 306 g/mol. The molecule has 1 fully saturated rings. The van der Waals surface area contributed by atoms with Crippen molar-refractivity contribution in [3.8, 4) is 0 Å². The summed E-state index contributed by atoms with van der Waals surface area (Å²) < 4.78 is 5.46. The van der Waals surface area contributed by atoms with E-state index >= 15 is 0 Å². The number of aryl methyl sites for hydroxylation is 1. The van der Waals surface area contributed by atoms with Crippen LogP contribution in [0.15, 0.2) is 12.4 Å². The van der Waals surface area contributed by atoms with E-state index in [1.165, 1.54) is 0 Å². The third kappa shape index (κ3) is 4.58. The lowest BCUT2D eigenvalue weighted by molar-refractivity contribution is 0.0176. The standard InChI is InChI=1S/C16H26N4O2/c1-11-6-7-20(15(21)22-16(3,4)5)9-13(11)19-14-8-12(2)17-10-18-14/h8,10-11,13H,6-7,9H2,1-5H3,(H,17,18,19). The summed E-state index contributed by atoms with van der Waals surface area (Å²) in [6, 6.07) is 2.08. The quantitative estimate of drug-likeness (QED) is 0.910. The molecule has 6 nitrogen and oxygen atoms in total. The van der Waals surface area contributed by atoms with Gasteiger partial charge in [-0.25, -0.2) is 14.8 Å². The molecule has 1 aliphatic heterocycles. The van der Waals surface area contributed by atoms with Crippen molar-refractivity contribution in [2.75, 3.05) is 18.4 Å². The number of nitrogens with one attached hydrogen (secondary N) is 1. The minimum atomic E-state index is -0.465. The molecule has 2 unspecified atom stereocenters. The van der Waals surface area contributed by atoms with E-state index in [-0.39, 0.29) is 12.1 Å².